The summed E-state index contributed by atoms with van der Waals surface area (Å²) in [5.74, 6) is 1.12. The Morgan fingerprint density at radius 3 is 3.14 bits per heavy atom. The van der Waals surface area contributed by atoms with Gasteiger partial charge in [-0.3, -0.25) is 4.79 Å². The SMILES string of the molecule is CCn1cnnc1[C@H]1CCCCN1C(=O)Cc1ccsc1. The van der Waals surface area contributed by atoms with E-state index in [-0.39, 0.29) is 11.9 Å². The topological polar surface area (TPSA) is 51.0 Å². The van der Waals surface area contributed by atoms with Gasteiger partial charge in [0.2, 0.25) is 5.91 Å². The molecule has 0 aromatic carbocycles. The Bertz CT molecular complexity index is 593. The van der Waals surface area contributed by atoms with E-state index in [4.69, 9.17) is 0 Å². The minimum Gasteiger partial charge on any atom is -0.332 e. The second-order valence-corrected chi connectivity index (χ2v) is 6.16. The van der Waals surface area contributed by atoms with Crippen LogP contribution in [0.1, 0.15) is 43.6 Å². The number of piperidine rings is 1. The molecule has 3 heterocycles. The van der Waals surface area contributed by atoms with E-state index < -0.39 is 0 Å². The zero-order valence-corrected chi connectivity index (χ0v) is 13.1. The third-order valence-electron chi connectivity index (χ3n) is 4.04. The van der Waals surface area contributed by atoms with Gasteiger partial charge in [-0.25, -0.2) is 0 Å². The van der Waals surface area contributed by atoms with Gasteiger partial charge in [0.25, 0.3) is 0 Å². The summed E-state index contributed by atoms with van der Waals surface area (Å²) in [7, 11) is 0. The highest BCUT2D eigenvalue weighted by Gasteiger charge is 2.31. The summed E-state index contributed by atoms with van der Waals surface area (Å²) in [5.41, 5.74) is 1.10. The Morgan fingerprint density at radius 2 is 2.38 bits per heavy atom. The maximum Gasteiger partial charge on any atom is 0.227 e. The minimum absolute atomic E-state index is 0.0762. The number of amides is 1. The highest BCUT2D eigenvalue weighted by atomic mass is 32.1. The predicted octanol–water partition coefficient (Wildman–Crippen LogP) is 2.66. The Balaban J connectivity index is 1.79. The summed E-state index contributed by atoms with van der Waals surface area (Å²) in [6.07, 6.45) is 5.44. The number of thiophene rings is 1. The minimum atomic E-state index is 0.0762. The number of rotatable bonds is 4. The van der Waals surface area contributed by atoms with Gasteiger partial charge in [-0.2, -0.15) is 11.3 Å². The molecule has 1 amide bonds. The summed E-state index contributed by atoms with van der Waals surface area (Å²) in [5, 5.41) is 12.3. The molecule has 0 bridgehead atoms. The summed E-state index contributed by atoms with van der Waals surface area (Å²) in [6.45, 7) is 3.74. The fourth-order valence-corrected chi connectivity index (χ4v) is 3.60. The van der Waals surface area contributed by atoms with Crippen LogP contribution in [0.3, 0.4) is 0 Å². The van der Waals surface area contributed by atoms with Gasteiger partial charge in [0.05, 0.1) is 12.5 Å². The van der Waals surface area contributed by atoms with E-state index in [9.17, 15) is 4.79 Å². The highest BCUT2D eigenvalue weighted by molar-refractivity contribution is 7.07. The van der Waals surface area contributed by atoms with E-state index >= 15 is 0 Å². The molecule has 1 atom stereocenters. The molecule has 2 aromatic rings. The van der Waals surface area contributed by atoms with E-state index in [1.54, 1.807) is 17.7 Å². The normalized spacial score (nSPS) is 18.9. The highest BCUT2D eigenvalue weighted by Crippen LogP contribution is 2.30. The van der Waals surface area contributed by atoms with E-state index in [1.165, 1.54) is 0 Å². The van der Waals surface area contributed by atoms with E-state index in [0.29, 0.717) is 6.42 Å². The summed E-state index contributed by atoms with van der Waals surface area (Å²) in [6, 6.07) is 2.10. The third-order valence-corrected chi connectivity index (χ3v) is 4.77. The lowest BCUT2D eigenvalue weighted by atomic mass is 10.0. The Morgan fingerprint density at radius 1 is 1.48 bits per heavy atom. The number of aryl methyl sites for hydroxylation is 1. The lowest BCUT2D eigenvalue weighted by Crippen LogP contribution is -2.40. The molecule has 1 saturated heterocycles. The second kappa shape index (κ2) is 6.39. The molecule has 0 spiro atoms. The molecular weight excluding hydrogens is 284 g/mol. The van der Waals surface area contributed by atoms with Crippen LogP contribution in [0.4, 0.5) is 0 Å². The van der Waals surface area contributed by atoms with Crippen molar-refractivity contribution in [2.24, 2.45) is 0 Å². The van der Waals surface area contributed by atoms with Gasteiger partial charge in [-0.15, -0.1) is 10.2 Å². The molecule has 6 heteroatoms. The molecule has 2 aromatic heterocycles. The smallest absolute Gasteiger partial charge is 0.227 e. The van der Waals surface area contributed by atoms with Gasteiger partial charge < -0.3 is 9.47 Å². The molecule has 0 saturated carbocycles. The average molecular weight is 304 g/mol. The molecular formula is C15H20N4OS. The maximum atomic E-state index is 12.6. The maximum absolute atomic E-state index is 12.6. The van der Waals surface area contributed by atoms with Gasteiger partial charge in [0.1, 0.15) is 6.33 Å². The van der Waals surface area contributed by atoms with Crippen molar-refractivity contribution in [2.45, 2.75) is 45.2 Å². The molecule has 0 unspecified atom stereocenters. The van der Waals surface area contributed by atoms with E-state index in [2.05, 4.69) is 17.1 Å². The summed E-state index contributed by atoms with van der Waals surface area (Å²) in [4.78, 5) is 14.6. The van der Waals surface area contributed by atoms with Crippen LogP contribution < -0.4 is 0 Å². The van der Waals surface area contributed by atoms with Crippen LogP contribution in [0.2, 0.25) is 0 Å². The van der Waals surface area contributed by atoms with Crippen LogP contribution in [-0.2, 0) is 17.8 Å². The number of carbonyl (C=O) groups is 1. The number of aromatic nitrogens is 3. The zero-order valence-electron chi connectivity index (χ0n) is 12.2. The fourth-order valence-electron chi connectivity index (χ4n) is 2.93. The van der Waals surface area contributed by atoms with Crippen LogP contribution in [0.15, 0.2) is 23.2 Å². The molecule has 21 heavy (non-hydrogen) atoms. The average Bonchev–Trinajstić information content (AvgIpc) is 3.18. The first-order valence-electron chi connectivity index (χ1n) is 7.48. The molecule has 1 fully saturated rings. The van der Waals surface area contributed by atoms with Crippen LogP contribution in [0.25, 0.3) is 0 Å². The summed E-state index contributed by atoms with van der Waals surface area (Å²) >= 11 is 1.64. The van der Waals surface area contributed by atoms with Gasteiger partial charge in [0.15, 0.2) is 5.82 Å². The monoisotopic (exact) mass is 304 g/mol. The molecule has 3 rings (SSSR count). The fraction of sp³-hybridized carbons (Fsp3) is 0.533. The van der Waals surface area contributed by atoms with Crippen LogP contribution in [0.5, 0.6) is 0 Å². The number of likely N-dealkylation sites (tertiary alicyclic amines) is 1. The second-order valence-electron chi connectivity index (χ2n) is 5.38. The Labute approximate surface area is 128 Å². The first-order chi connectivity index (χ1) is 10.3. The van der Waals surface area contributed by atoms with Crippen LogP contribution in [-0.4, -0.2) is 32.1 Å². The van der Waals surface area contributed by atoms with Crippen molar-refractivity contribution in [3.63, 3.8) is 0 Å². The molecule has 112 valence electrons. The quantitative estimate of drug-likeness (QED) is 0.872. The predicted molar refractivity (Wildman–Crippen MR) is 82.0 cm³/mol. The van der Waals surface area contributed by atoms with E-state index in [0.717, 1.165) is 43.7 Å². The van der Waals surface area contributed by atoms with Crippen molar-refractivity contribution in [2.75, 3.05) is 6.54 Å². The van der Waals surface area contributed by atoms with Crippen molar-refractivity contribution >= 4 is 17.2 Å². The van der Waals surface area contributed by atoms with Gasteiger partial charge in [-0.1, -0.05) is 0 Å². The number of hydrogen-bond acceptors (Lipinski definition) is 4. The third kappa shape index (κ3) is 3.00. The first kappa shape index (κ1) is 14.3. The van der Waals surface area contributed by atoms with E-state index in [1.807, 2.05) is 26.3 Å². The summed E-state index contributed by atoms with van der Waals surface area (Å²) < 4.78 is 2.04. The van der Waals surface area contributed by atoms with Crippen molar-refractivity contribution in [3.05, 3.63) is 34.5 Å². The lowest BCUT2D eigenvalue weighted by Gasteiger charge is -2.35. The van der Waals surface area contributed by atoms with Crippen molar-refractivity contribution in [3.8, 4) is 0 Å². The number of hydrogen-bond donors (Lipinski definition) is 0. The van der Waals surface area contributed by atoms with Gasteiger partial charge in [0, 0.05) is 13.1 Å². The van der Waals surface area contributed by atoms with Crippen LogP contribution in [0, 0.1) is 0 Å². The lowest BCUT2D eigenvalue weighted by molar-refractivity contribution is -0.134. The Kier molecular flexibility index (Phi) is 4.34. The molecule has 0 aliphatic carbocycles. The van der Waals surface area contributed by atoms with Gasteiger partial charge in [-0.05, 0) is 48.6 Å². The first-order valence-corrected chi connectivity index (χ1v) is 8.42. The van der Waals surface area contributed by atoms with Crippen LogP contribution >= 0.6 is 11.3 Å². The van der Waals surface area contributed by atoms with Crippen molar-refractivity contribution in [1.82, 2.24) is 19.7 Å². The standard InChI is InChI=1S/C15H20N4OS/c1-2-18-11-16-17-15(18)13-5-3-4-7-19(13)14(20)9-12-6-8-21-10-12/h6,8,10-11,13H,2-5,7,9H2,1H3/t13-/m1/s1. The molecule has 1 aliphatic heterocycles. The largest absolute Gasteiger partial charge is 0.332 e. The van der Waals surface area contributed by atoms with Crippen molar-refractivity contribution in [1.29, 1.82) is 0 Å². The molecule has 0 radical (unpaired) electrons. The molecule has 1 aliphatic rings. The van der Waals surface area contributed by atoms with Gasteiger partial charge >= 0.3 is 0 Å². The Hall–Kier alpha value is -1.69. The van der Waals surface area contributed by atoms with Crippen molar-refractivity contribution < 1.29 is 4.79 Å². The number of nitrogens with zero attached hydrogens (tertiary/aromatic N) is 4. The zero-order chi connectivity index (χ0) is 14.7. The molecule has 0 N–H and O–H groups in total. The number of carbonyl (C=O) groups excluding carboxylic acids is 1. The molecule has 5 nitrogen and oxygen atoms in total.